The van der Waals surface area contributed by atoms with Crippen LogP contribution in [0.4, 0.5) is 0 Å². The Morgan fingerprint density at radius 3 is 2.47 bits per heavy atom. The molecule has 0 saturated heterocycles. The van der Waals surface area contributed by atoms with Gasteiger partial charge in [0.25, 0.3) is 5.91 Å². The number of hydrogen-bond acceptors (Lipinski definition) is 4. The number of phenols is 1. The van der Waals surface area contributed by atoms with Gasteiger partial charge in [0.2, 0.25) is 0 Å². The molecule has 6 nitrogen and oxygen atoms in total. The van der Waals surface area contributed by atoms with E-state index in [1.807, 2.05) is 45.2 Å². The Morgan fingerprint density at radius 2 is 1.95 bits per heavy atom. The standard InChI is InChI=1S/C11H11I2NO5/c12-5-3-6(9(16)7(13)4-5)10(17)14-8(1-2-15)11(18)19/h3-4,8,15-16H,1-2H2,(H,14,17)(H,18,19)/t8-/m1/s1. The van der Waals surface area contributed by atoms with E-state index in [0.29, 0.717) is 3.57 Å². The van der Waals surface area contributed by atoms with Gasteiger partial charge in [-0.15, -0.1) is 0 Å². The number of carboxylic acid groups (broad SMARTS) is 1. The first-order chi connectivity index (χ1) is 8.86. The highest BCUT2D eigenvalue weighted by atomic mass is 127. The number of aliphatic hydroxyl groups excluding tert-OH is 1. The Kier molecular flexibility index (Phi) is 6.26. The van der Waals surface area contributed by atoms with Gasteiger partial charge >= 0.3 is 5.97 Å². The minimum atomic E-state index is -1.23. The molecular weight excluding hydrogens is 480 g/mol. The topological polar surface area (TPSA) is 107 Å². The molecule has 0 saturated carbocycles. The van der Waals surface area contributed by atoms with E-state index in [1.165, 1.54) is 6.07 Å². The van der Waals surface area contributed by atoms with Crippen LogP contribution in [0.15, 0.2) is 12.1 Å². The van der Waals surface area contributed by atoms with Crippen LogP contribution in [0.2, 0.25) is 0 Å². The number of aliphatic hydroxyl groups is 1. The van der Waals surface area contributed by atoms with Crippen molar-refractivity contribution in [1.29, 1.82) is 0 Å². The molecule has 0 fully saturated rings. The average molecular weight is 491 g/mol. The highest BCUT2D eigenvalue weighted by Gasteiger charge is 2.22. The van der Waals surface area contributed by atoms with Crippen molar-refractivity contribution in [3.05, 3.63) is 24.8 Å². The molecule has 1 aromatic carbocycles. The number of carboxylic acids is 1. The highest BCUT2D eigenvalue weighted by Crippen LogP contribution is 2.27. The van der Waals surface area contributed by atoms with Crippen molar-refractivity contribution < 1.29 is 24.9 Å². The smallest absolute Gasteiger partial charge is 0.326 e. The average Bonchev–Trinajstić information content (AvgIpc) is 2.32. The molecule has 0 radical (unpaired) electrons. The molecule has 0 unspecified atom stereocenters. The van der Waals surface area contributed by atoms with Crippen LogP contribution >= 0.6 is 45.2 Å². The number of carbonyl (C=O) groups excluding carboxylic acids is 1. The van der Waals surface area contributed by atoms with E-state index in [-0.39, 0.29) is 24.3 Å². The number of aliphatic carboxylic acids is 1. The molecule has 1 atom stereocenters. The van der Waals surface area contributed by atoms with Crippen LogP contribution in [0.1, 0.15) is 16.8 Å². The molecule has 0 aliphatic rings. The number of amides is 1. The number of halogens is 2. The summed E-state index contributed by atoms with van der Waals surface area (Å²) in [6.07, 6.45) is -0.0944. The van der Waals surface area contributed by atoms with Crippen molar-refractivity contribution >= 4 is 57.1 Å². The van der Waals surface area contributed by atoms with E-state index >= 15 is 0 Å². The van der Waals surface area contributed by atoms with Crippen molar-refractivity contribution in [3.63, 3.8) is 0 Å². The number of benzene rings is 1. The Bertz CT molecular complexity index is 506. The summed E-state index contributed by atoms with van der Waals surface area (Å²) in [5.74, 6) is -2.11. The largest absolute Gasteiger partial charge is 0.506 e. The summed E-state index contributed by atoms with van der Waals surface area (Å²) in [4.78, 5) is 22.8. The Hall–Kier alpha value is -0.620. The van der Waals surface area contributed by atoms with Gasteiger partial charge in [0.15, 0.2) is 0 Å². The fraction of sp³-hybridized carbons (Fsp3) is 0.273. The minimum Gasteiger partial charge on any atom is -0.506 e. The maximum Gasteiger partial charge on any atom is 0.326 e. The SMILES string of the molecule is O=C(N[C@H](CCO)C(=O)O)c1cc(I)cc(I)c1O. The molecule has 1 amide bonds. The second-order valence-corrected chi connectivity index (χ2v) is 6.07. The Morgan fingerprint density at radius 1 is 1.32 bits per heavy atom. The Balaban J connectivity index is 2.97. The molecule has 1 rings (SSSR count). The number of nitrogens with one attached hydrogen (secondary N) is 1. The van der Waals surface area contributed by atoms with Gasteiger partial charge in [-0.05, 0) is 57.3 Å². The first-order valence-electron chi connectivity index (χ1n) is 5.19. The summed E-state index contributed by atoms with van der Waals surface area (Å²) in [6.45, 7) is -0.354. The molecular formula is C11H11I2NO5. The van der Waals surface area contributed by atoms with Gasteiger partial charge in [-0.25, -0.2) is 4.79 Å². The zero-order valence-corrected chi connectivity index (χ0v) is 13.9. The second-order valence-electron chi connectivity index (χ2n) is 3.66. The van der Waals surface area contributed by atoms with Crippen molar-refractivity contribution in [2.45, 2.75) is 12.5 Å². The van der Waals surface area contributed by atoms with Crippen molar-refractivity contribution in [3.8, 4) is 5.75 Å². The zero-order valence-electron chi connectivity index (χ0n) is 9.56. The van der Waals surface area contributed by atoms with Crippen molar-refractivity contribution in [2.75, 3.05) is 6.61 Å². The number of rotatable bonds is 5. The van der Waals surface area contributed by atoms with E-state index in [1.54, 1.807) is 6.07 Å². The summed E-state index contributed by atoms with van der Waals surface area (Å²) >= 11 is 3.87. The van der Waals surface area contributed by atoms with Crippen LogP contribution in [-0.2, 0) is 4.79 Å². The normalized spacial score (nSPS) is 11.9. The fourth-order valence-corrected chi connectivity index (χ4v) is 3.21. The first kappa shape index (κ1) is 16.4. The molecule has 104 valence electrons. The van der Waals surface area contributed by atoms with Crippen LogP contribution < -0.4 is 5.32 Å². The zero-order chi connectivity index (χ0) is 14.6. The van der Waals surface area contributed by atoms with E-state index in [4.69, 9.17) is 10.2 Å². The summed E-state index contributed by atoms with van der Waals surface area (Å²) in [5.41, 5.74) is 0.0143. The maximum atomic E-state index is 11.9. The lowest BCUT2D eigenvalue weighted by molar-refractivity contribution is -0.139. The molecule has 0 aliphatic carbocycles. The number of hydrogen-bond donors (Lipinski definition) is 4. The monoisotopic (exact) mass is 491 g/mol. The second kappa shape index (κ2) is 7.24. The van der Waals surface area contributed by atoms with E-state index in [0.717, 1.165) is 3.57 Å². The van der Waals surface area contributed by atoms with Crippen LogP contribution in [0.3, 0.4) is 0 Å². The predicted octanol–water partition coefficient (Wildman–Crippen LogP) is 1.17. The van der Waals surface area contributed by atoms with Gasteiger partial charge in [0, 0.05) is 16.6 Å². The van der Waals surface area contributed by atoms with Crippen molar-refractivity contribution in [2.24, 2.45) is 0 Å². The van der Waals surface area contributed by atoms with Crippen LogP contribution in [0, 0.1) is 7.14 Å². The molecule has 0 bridgehead atoms. The van der Waals surface area contributed by atoms with Gasteiger partial charge in [-0.2, -0.15) is 0 Å². The third kappa shape index (κ3) is 4.45. The summed E-state index contributed by atoms with van der Waals surface area (Å²) in [7, 11) is 0. The third-order valence-electron chi connectivity index (χ3n) is 2.29. The van der Waals surface area contributed by atoms with Gasteiger partial charge in [0.1, 0.15) is 11.8 Å². The van der Waals surface area contributed by atoms with Crippen LogP contribution in [0.5, 0.6) is 5.75 Å². The first-order valence-corrected chi connectivity index (χ1v) is 7.35. The quantitative estimate of drug-likeness (QED) is 0.463. The number of aromatic hydroxyl groups is 1. The lowest BCUT2D eigenvalue weighted by atomic mass is 10.1. The number of carbonyl (C=O) groups is 2. The maximum absolute atomic E-state index is 11.9. The van der Waals surface area contributed by atoms with E-state index in [9.17, 15) is 14.7 Å². The van der Waals surface area contributed by atoms with Gasteiger partial charge in [-0.3, -0.25) is 4.79 Å². The van der Waals surface area contributed by atoms with Crippen molar-refractivity contribution in [1.82, 2.24) is 5.32 Å². The number of phenolic OH excluding ortho intramolecular Hbond substituents is 1. The van der Waals surface area contributed by atoms with Gasteiger partial charge in [-0.1, -0.05) is 0 Å². The molecule has 0 aromatic heterocycles. The lowest BCUT2D eigenvalue weighted by Gasteiger charge is -2.14. The molecule has 1 aromatic rings. The fourth-order valence-electron chi connectivity index (χ4n) is 1.36. The summed E-state index contributed by atoms with van der Waals surface area (Å²) in [6, 6.07) is 1.97. The summed E-state index contributed by atoms with van der Waals surface area (Å²) in [5, 5.41) is 29.7. The lowest BCUT2D eigenvalue weighted by Crippen LogP contribution is -2.41. The molecule has 0 aliphatic heterocycles. The molecule has 8 heteroatoms. The Labute approximate surface area is 136 Å². The van der Waals surface area contributed by atoms with E-state index in [2.05, 4.69) is 5.32 Å². The molecule has 0 heterocycles. The molecule has 19 heavy (non-hydrogen) atoms. The van der Waals surface area contributed by atoms with Gasteiger partial charge < -0.3 is 20.6 Å². The third-order valence-corrected chi connectivity index (χ3v) is 3.74. The highest BCUT2D eigenvalue weighted by molar-refractivity contribution is 14.1. The summed E-state index contributed by atoms with van der Waals surface area (Å²) < 4.78 is 1.25. The van der Waals surface area contributed by atoms with E-state index < -0.39 is 17.9 Å². The molecule has 0 spiro atoms. The van der Waals surface area contributed by atoms with Crippen LogP contribution in [-0.4, -0.2) is 39.8 Å². The van der Waals surface area contributed by atoms with Gasteiger partial charge in [0.05, 0.1) is 9.13 Å². The van der Waals surface area contributed by atoms with Crippen LogP contribution in [0.25, 0.3) is 0 Å². The molecule has 4 N–H and O–H groups in total. The predicted molar refractivity (Wildman–Crippen MR) is 84.1 cm³/mol. The minimum absolute atomic E-state index is 0.0143.